The van der Waals surface area contributed by atoms with E-state index in [4.69, 9.17) is 16.3 Å². The van der Waals surface area contributed by atoms with E-state index in [1.807, 2.05) is 29.2 Å². The number of nitrogens with zero attached hydrogens (tertiary/aromatic N) is 2. The largest absolute Gasteiger partial charge is 0.371 e. The minimum absolute atomic E-state index is 0.0368. The maximum Gasteiger partial charge on any atom is 0.234 e. The van der Waals surface area contributed by atoms with Crippen LogP contribution in [0.15, 0.2) is 42.5 Å². The lowest BCUT2D eigenvalue weighted by Crippen LogP contribution is -2.46. The third kappa shape index (κ3) is 5.64. The molecule has 2 atom stereocenters. The molecular weight excluding hydrogens is 436 g/mol. The van der Waals surface area contributed by atoms with Crippen LogP contribution in [-0.2, 0) is 9.53 Å². The van der Waals surface area contributed by atoms with Crippen LogP contribution in [0.2, 0.25) is 5.02 Å². The van der Waals surface area contributed by atoms with Crippen molar-refractivity contribution in [1.82, 2.24) is 15.1 Å². The number of halogens is 3. The van der Waals surface area contributed by atoms with Gasteiger partial charge in [-0.05, 0) is 55.3 Å². The van der Waals surface area contributed by atoms with E-state index in [-0.39, 0.29) is 18.5 Å². The normalized spacial score (nSPS) is 20.9. The lowest BCUT2D eigenvalue weighted by atomic mass is 10.1. The summed E-state index contributed by atoms with van der Waals surface area (Å²) in [6.07, 6.45) is 1.90. The Kier molecular flexibility index (Phi) is 7.73. The first-order valence-corrected chi connectivity index (χ1v) is 11.4. The molecule has 0 aromatic heterocycles. The number of morpholine rings is 1. The zero-order chi connectivity index (χ0) is 22.5. The van der Waals surface area contributed by atoms with Crippen molar-refractivity contribution >= 4 is 17.5 Å². The topological polar surface area (TPSA) is 44.8 Å². The first-order chi connectivity index (χ1) is 15.5. The molecule has 2 heterocycles. The van der Waals surface area contributed by atoms with Crippen LogP contribution in [0.25, 0.3) is 0 Å². The van der Waals surface area contributed by atoms with Crippen LogP contribution >= 0.6 is 11.6 Å². The van der Waals surface area contributed by atoms with Crippen LogP contribution in [0.3, 0.4) is 0 Å². The SMILES string of the molecule is O=C(CN1CCOC(c2ccc(F)c(F)c2)C1)NCC(c1ccccc1Cl)N1CCCC1. The van der Waals surface area contributed by atoms with E-state index in [0.717, 1.165) is 43.6 Å². The second kappa shape index (κ2) is 10.7. The summed E-state index contributed by atoms with van der Waals surface area (Å²) in [5, 5.41) is 3.78. The number of carbonyl (C=O) groups excluding carboxylic acids is 1. The molecule has 0 bridgehead atoms. The maximum atomic E-state index is 13.6. The zero-order valence-electron chi connectivity index (χ0n) is 17.9. The molecule has 4 rings (SSSR count). The highest BCUT2D eigenvalue weighted by Crippen LogP contribution is 2.30. The van der Waals surface area contributed by atoms with Gasteiger partial charge in [-0.3, -0.25) is 14.6 Å². The van der Waals surface area contributed by atoms with Gasteiger partial charge in [0.2, 0.25) is 5.91 Å². The molecule has 1 N–H and O–H groups in total. The van der Waals surface area contributed by atoms with E-state index in [2.05, 4.69) is 10.2 Å². The monoisotopic (exact) mass is 463 g/mol. The van der Waals surface area contributed by atoms with Crippen molar-refractivity contribution in [2.45, 2.75) is 25.0 Å². The third-order valence-corrected chi connectivity index (χ3v) is 6.52. The first-order valence-electron chi connectivity index (χ1n) is 11.1. The van der Waals surface area contributed by atoms with Crippen LogP contribution in [-0.4, -0.2) is 61.6 Å². The number of hydrogen-bond donors (Lipinski definition) is 1. The summed E-state index contributed by atoms with van der Waals surface area (Å²) in [5.74, 6) is -1.85. The molecule has 0 spiro atoms. The Morgan fingerprint density at radius 1 is 1.12 bits per heavy atom. The van der Waals surface area contributed by atoms with Gasteiger partial charge >= 0.3 is 0 Å². The number of benzene rings is 2. The molecule has 172 valence electrons. The van der Waals surface area contributed by atoms with Gasteiger partial charge in [-0.15, -0.1) is 0 Å². The predicted molar refractivity (Wildman–Crippen MR) is 120 cm³/mol. The Balaban J connectivity index is 1.34. The van der Waals surface area contributed by atoms with Gasteiger partial charge < -0.3 is 10.1 Å². The van der Waals surface area contributed by atoms with Gasteiger partial charge in [0.15, 0.2) is 11.6 Å². The van der Waals surface area contributed by atoms with E-state index in [1.54, 1.807) is 0 Å². The summed E-state index contributed by atoms with van der Waals surface area (Å²) in [5.41, 5.74) is 1.60. The molecule has 0 radical (unpaired) electrons. The van der Waals surface area contributed by atoms with Crippen molar-refractivity contribution in [2.75, 3.05) is 45.9 Å². The van der Waals surface area contributed by atoms with Crippen LogP contribution in [0, 0.1) is 11.6 Å². The molecule has 2 aliphatic heterocycles. The summed E-state index contributed by atoms with van der Waals surface area (Å²) in [4.78, 5) is 17.1. The molecule has 5 nitrogen and oxygen atoms in total. The lowest BCUT2D eigenvalue weighted by molar-refractivity contribution is -0.124. The Morgan fingerprint density at radius 3 is 2.66 bits per heavy atom. The van der Waals surface area contributed by atoms with E-state index in [1.165, 1.54) is 6.07 Å². The number of hydrogen-bond acceptors (Lipinski definition) is 4. The fourth-order valence-corrected chi connectivity index (χ4v) is 4.73. The smallest absolute Gasteiger partial charge is 0.234 e. The molecule has 0 aliphatic carbocycles. The van der Waals surface area contributed by atoms with Crippen molar-refractivity contribution in [3.05, 3.63) is 70.2 Å². The Labute approximate surface area is 192 Å². The van der Waals surface area contributed by atoms with Crippen LogP contribution < -0.4 is 5.32 Å². The average Bonchev–Trinajstić information content (AvgIpc) is 3.32. The van der Waals surface area contributed by atoms with Gasteiger partial charge in [0, 0.05) is 24.7 Å². The molecule has 8 heteroatoms. The zero-order valence-corrected chi connectivity index (χ0v) is 18.7. The quantitative estimate of drug-likeness (QED) is 0.675. The van der Waals surface area contributed by atoms with Crippen molar-refractivity contribution < 1.29 is 18.3 Å². The summed E-state index contributed by atoms with van der Waals surface area (Å²) >= 11 is 6.45. The summed E-state index contributed by atoms with van der Waals surface area (Å²) in [7, 11) is 0. The van der Waals surface area contributed by atoms with Gasteiger partial charge in [-0.2, -0.15) is 0 Å². The van der Waals surface area contributed by atoms with Crippen LogP contribution in [0.4, 0.5) is 8.78 Å². The van der Waals surface area contributed by atoms with Gasteiger partial charge in [0.25, 0.3) is 0 Å². The van der Waals surface area contributed by atoms with Gasteiger partial charge in [0.05, 0.1) is 25.3 Å². The number of carbonyl (C=O) groups is 1. The third-order valence-electron chi connectivity index (χ3n) is 6.17. The van der Waals surface area contributed by atoms with Crippen molar-refractivity contribution in [1.29, 1.82) is 0 Å². The minimum atomic E-state index is -0.895. The molecule has 0 saturated carbocycles. The molecule has 32 heavy (non-hydrogen) atoms. The molecule has 1 amide bonds. The highest BCUT2D eigenvalue weighted by atomic mass is 35.5. The predicted octanol–water partition coefficient (Wildman–Crippen LogP) is 3.94. The molecule has 2 saturated heterocycles. The lowest BCUT2D eigenvalue weighted by Gasteiger charge is -2.33. The van der Waals surface area contributed by atoms with Crippen molar-refractivity contribution in [3.8, 4) is 0 Å². The van der Waals surface area contributed by atoms with Gasteiger partial charge in [-0.1, -0.05) is 35.9 Å². The second-order valence-electron chi connectivity index (χ2n) is 8.35. The summed E-state index contributed by atoms with van der Waals surface area (Å²) in [6, 6.07) is 11.6. The fourth-order valence-electron chi connectivity index (χ4n) is 4.46. The summed E-state index contributed by atoms with van der Waals surface area (Å²) in [6.45, 7) is 4.16. The van der Waals surface area contributed by atoms with E-state index < -0.39 is 17.7 Å². The van der Waals surface area contributed by atoms with Crippen molar-refractivity contribution in [3.63, 3.8) is 0 Å². The van der Waals surface area contributed by atoms with Crippen LogP contribution in [0.5, 0.6) is 0 Å². The van der Waals surface area contributed by atoms with E-state index in [9.17, 15) is 13.6 Å². The second-order valence-corrected chi connectivity index (χ2v) is 8.76. The summed E-state index contributed by atoms with van der Waals surface area (Å²) < 4.78 is 32.5. The molecule has 2 fully saturated rings. The highest BCUT2D eigenvalue weighted by molar-refractivity contribution is 6.31. The molecular formula is C24H28ClF2N3O2. The van der Waals surface area contributed by atoms with E-state index >= 15 is 0 Å². The Hall–Kier alpha value is -2.06. The number of likely N-dealkylation sites (tertiary alicyclic amines) is 1. The molecule has 2 unspecified atom stereocenters. The van der Waals surface area contributed by atoms with E-state index in [0.29, 0.717) is 36.8 Å². The van der Waals surface area contributed by atoms with Gasteiger partial charge in [0.1, 0.15) is 0 Å². The highest BCUT2D eigenvalue weighted by Gasteiger charge is 2.27. The number of ether oxygens (including phenoxy) is 1. The van der Waals surface area contributed by atoms with Gasteiger partial charge in [-0.25, -0.2) is 8.78 Å². The Bertz CT molecular complexity index is 939. The van der Waals surface area contributed by atoms with Crippen LogP contribution in [0.1, 0.15) is 36.1 Å². The number of rotatable bonds is 7. The number of amides is 1. The standard InChI is InChI=1S/C24H28ClF2N3O2/c25-19-6-2-1-5-18(19)22(30-9-3-4-10-30)14-28-24(31)16-29-11-12-32-23(15-29)17-7-8-20(26)21(27)13-17/h1-2,5-8,13,22-23H,3-4,9-12,14-16H2,(H,28,31). The number of nitrogens with one attached hydrogen (secondary N) is 1. The maximum absolute atomic E-state index is 13.6. The average molecular weight is 464 g/mol. The fraction of sp³-hybridized carbons (Fsp3) is 0.458. The molecule has 2 aromatic carbocycles. The van der Waals surface area contributed by atoms with Crippen molar-refractivity contribution in [2.24, 2.45) is 0 Å². The Morgan fingerprint density at radius 2 is 1.91 bits per heavy atom. The molecule has 2 aromatic rings. The first kappa shape index (κ1) is 23.1. The minimum Gasteiger partial charge on any atom is -0.371 e. The molecule has 2 aliphatic rings.